The highest BCUT2D eigenvalue weighted by Gasteiger charge is 2.18. The Morgan fingerprint density at radius 3 is 2.65 bits per heavy atom. The lowest BCUT2D eigenvalue weighted by atomic mass is 10.2. The summed E-state index contributed by atoms with van der Waals surface area (Å²) in [5.41, 5.74) is 5.53. The van der Waals surface area contributed by atoms with E-state index in [1.165, 1.54) is 0 Å². The van der Waals surface area contributed by atoms with Gasteiger partial charge < -0.3 is 19.7 Å². The topological polar surface area (TPSA) is 83.4 Å². The zero-order chi connectivity index (χ0) is 12.7. The molecule has 0 saturated heterocycles. The first-order valence-electron chi connectivity index (χ1n) is 5.83. The normalized spacial score (nSPS) is 14.8. The molecule has 0 saturated carbocycles. The van der Waals surface area contributed by atoms with Crippen LogP contribution in [0.2, 0.25) is 0 Å². The highest BCUT2D eigenvalue weighted by molar-refractivity contribution is 4.92. The smallest absolute Gasteiger partial charge is 0.229 e. The maximum atomic E-state index is 5.53. The van der Waals surface area contributed by atoms with Crippen LogP contribution in [0.5, 0.6) is 0 Å². The van der Waals surface area contributed by atoms with Gasteiger partial charge >= 0.3 is 0 Å². The summed E-state index contributed by atoms with van der Waals surface area (Å²) in [4.78, 5) is 4.30. The Labute approximate surface area is 101 Å². The van der Waals surface area contributed by atoms with Crippen LogP contribution in [-0.4, -0.2) is 37.0 Å². The molecular weight excluding hydrogens is 222 g/mol. The fourth-order valence-corrected chi connectivity index (χ4v) is 1.55. The molecule has 1 rings (SSSR count). The second-order valence-electron chi connectivity index (χ2n) is 3.86. The van der Waals surface area contributed by atoms with Crippen molar-refractivity contribution >= 4 is 0 Å². The largest absolute Gasteiger partial charge is 0.380 e. The Morgan fingerprint density at radius 1 is 1.35 bits per heavy atom. The Kier molecular flexibility index (Phi) is 6.10. The Balaban J connectivity index is 2.63. The van der Waals surface area contributed by atoms with E-state index >= 15 is 0 Å². The summed E-state index contributed by atoms with van der Waals surface area (Å²) in [5.74, 6) is 1.13. The van der Waals surface area contributed by atoms with Crippen molar-refractivity contribution in [1.29, 1.82) is 0 Å². The van der Waals surface area contributed by atoms with E-state index in [0.29, 0.717) is 24.7 Å². The molecule has 0 aliphatic rings. The molecule has 0 aliphatic heterocycles. The van der Waals surface area contributed by atoms with Gasteiger partial charge in [0.2, 0.25) is 11.7 Å². The molecule has 0 spiro atoms. The molecule has 6 heteroatoms. The standard InChI is InChI=1S/C11H21N3O3/c1-4-5-9(16-3)11-13-10(17-14-11)6-8(7-12)15-2/h8-9H,4-7,12H2,1-3H3. The van der Waals surface area contributed by atoms with Crippen molar-refractivity contribution in [3.05, 3.63) is 11.7 Å². The van der Waals surface area contributed by atoms with Gasteiger partial charge in [-0.05, 0) is 6.42 Å². The number of ether oxygens (including phenoxy) is 2. The van der Waals surface area contributed by atoms with E-state index in [1.807, 2.05) is 0 Å². The zero-order valence-corrected chi connectivity index (χ0v) is 10.7. The number of methoxy groups -OCH3 is 2. The van der Waals surface area contributed by atoms with Crippen LogP contribution in [0, 0.1) is 0 Å². The van der Waals surface area contributed by atoms with E-state index in [1.54, 1.807) is 14.2 Å². The lowest BCUT2D eigenvalue weighted by Gasteiger charge is -2.09. The third-order valence-electron chi connectivity index (χ3n) is 2.61. The van der Waals surface area contributed by atoms with Crippen LogP contribution in [0.1, 0.15) is 37.6 Å². The van der Waals surface area contributed by atoms with Crippen molar-refractivity contribution in [3.8, 4) is 0 Å². The van der Waals surface area contributed by atoms with Gasteiger partial charge in [0.05, 0.1) is 12.5 Å². The molecule has 0 aromatic carbocycles. The second kappa shape index (κ2) is 7.37. The number of hydrogen-bond acceptors (Lipinski definition) is 6. The van der Waals surface area contributed by atoms with Crippen LogP contribution in [0.15, 0.2) is 4.52 Å². The summed E-state index contributed by atoms with van der Waals surface area (Å²) < 4.78 is 15.6. The predicted molar refractivity (Wildman–Crippen MR) is 62.5 cm³/mol. The van der Waals surface area contributed by atoms with Crippen molar-refractivity contribution < 1.29 is 14.0 Å². The Morgan fingerprint density at radius 2 is 2.12 bits per heavy atom. The number of aromatic nitrogens is 2. The van der Waals surface area contributed by atoms with Gasteiger partial charge in [0.15, 0.2) is 0 Å². The Bertz CT molecular complexity index is 313. The molecule has 2 N–H and O–H groups in total. The SMILES string of the molecule is CCCC(OC)c1noc(CC(CN)OC)n1. The van der Waals surface area contributed by atoms with Crippen molar-refractivity contribution in [2.45, 2.75) is 38.4 Å². The number of nitrogens with two attached hydrogens (primary N) is 1. The molecule has 1 aromatic heterocycles. The maximum absolute atomic E-state index is 5.53. The summed E-state index contributed by atoms with van der Waals surface area (Å²) in [6.07, 6.45) is 2.22. The van der Waals surface area contributed by atoms with Gasteiger partial charge in [-0.2, -0.15) is 4.98 Å². The first-order chi connectivity index (χ1) is 8.24. The van der Waals surface area contributed by atoms with Crippen LogP contribution in [0.25, 0.3) is 0 Å². The Hall–Kier alpha value is -0.980. The monoisotopic (exact) mass is 243 g/mol. The molecule has 2 atom stereocenters. The summed E-state index contributed by atoms with van der Waals surface area (Å²) in [6, 6.07) is 0. The molecule has 1 aromatic rings. The van der Waals surface area contributed by atoms with E-state index in [-0.39, 0.29) is 12.2 Å². The van der Waals surface area contributed by atoms with Crippen molar-refractivity contribution in [2.75, 3.05) is 20.8 Å². The minimum absolute atomic E-state index is 0.0875. The van der Waals surface area contributed by atoms with E-state index in [4.69, 9.17) is 19.7 Å². The molecule has 0 amide bonds. The lowest BCUT2D eigenvalue weighted by Crippen LogP contribution is -2.24. The number of rotatable bonds is 8. The van der Waals surface area contributed by atoms with Gasteiger partial charge in [-0.15, -0.1) is 0 Å². The van der Waals surface area contributed by atoms with Gasteiger partial charge in [-0.25, -0.2) is 0 Å². The quantitative estimate of drug-likeness (QED) is 0.735. The summed E-state index contributed by atoms with van der Waals surface area (Å²) in [6.45, 7) is 2.51. The zero-order valence-electron chi connectivity index (χ0n) is 10.7. The fraction of sp³-hybridized carbons (Fsp3) is 0.818. The molecule has 17 heavy (non-hydrogen) atoms. The summed E-state index contributed by atoms with van der Waals surface area (Å²) in [7, 11) is 3.26. The minimum Gasteiger partial charge on any atom is -0.380 e. The molecule has 0 aliphatic carbocycles. The lowest BCUT2D eigenvalue weighted by molar-refractivity contribution is 0.0853. The van der Waals surface area contributed by atoms with Crippen LogP contribution in [-0.2, 0) is 15.9 Å². The first-order valence-corrected chi connectivity index (χ1v) is 5.83. The summed E-state index contributed by atoms with van der Waals surface area (Å²) in [5, 5.41) is 3.92. The van der Waals surface area contributed by atoms with Crippen molar-refractivity contribution in [3.63, 3.8) is 0 Å². The number of nitrogens with zero attached hydrogens (tertiary/aromatic N) is 2. The van der Waals surface area contributed by atoms with Crippen molar-refractivity contribution in [1.82, 2.24) is 10.1 Å². The van der Waals surface area contributed by atoms with Crippen LogP contribution < -0.4 is 5.73 Å². The minimum atomic E-state index is -0.101. The third kappa shape index (κ3) is 4.07. The highest BCUT2D eigenvalue weighted by Crippen LogP contribution is 2.19. The van der Waals surface area contributed by atoms with Gasteiger partial charge in [-0.3, -0.25) is 0 Å². The van der Waals surface area contributed by atoms with Gasteiger partial charge in [0.25, 0.3) is 0 Å². The molecule has 0 bridgehead atoms. The van der Waals surface area contributed by atoms with E-state index < -0.39 is 0 Å². The van der Waals surface area contributed by atoms with Crippen LogP contribution >= 0.6 is 0 Å². The maximum Gasteiger partial charge on any atom is 0.229 e. The molecule has 6 nitrogen and oxygen atoms in total. The average molecular weight is 243 g/mol. The molecule has 1 heterocycles. The van der Waals surface area contributed by atoms with Crippen molar-refractivity contribution in [2.24, 2.45) is 5.73 Å². The summed E-state index contributed by atoms with van der Waals surface area (Å²) >= 11 is 0. The van der Waals surface area contributed by atoms with Gasteiger partial charge in [-0.1, -0.05) is 18.5 Å². The van der Waals surface area contributed by atoms with Gasteiger partial charge in [0.1, 0.15) is 6.10 Å². The van der Waals surface area contributed by atoms with E-state index in [9.17, 15) is 0 Å². The van der Waals surface area contributed by atoms with E-state index in [0.717, 1.165) is 12.8 Å². The molecule has 2 unspecified atom stereocenters. The molecule has 98 valence electrons. The molecule has 0 radical (unpaired) electrons. The number of hydrogen-bond donors (Lipinski definition) is 1. The van der Waals surface area contributed by atoms with E-state index in [2.05, 4.69) is 17.1 Å². The van der Waals surface area contributed by atoms with Gasteiger partial charge in [0, 0.05) is 20.8 Å². The third-order valence-corrected chi connectivity index (χ3v) is 2.61. The van der Waals surface area contributed by atoms with Crippen LogP contribution in [0.3, 0.4) is 0 Å². The fourth-order valence-electron chi connectivity index (χ4n) is 1.55. The predicted octanol–water partition coefficient (Wildman–Crippen LogP) is 1.07. The molecular formula is C11H21N3O3. The second-order valence-corrected chi connectivity index (χ2v) is 3.86. The molecule has 0 fully saturated rings. The van der Waals surface area contributed by atoms with Crippen LogP contribution in [0.4, 0.5) is 0 Å². The highest BCUT2D eigenvalue weighted by atomic mass is 16.5. The first kappa shape index (κ1) is 14.1. The average Bonchev–Trinajstić information content (AvgIpc) is 2.81.